The molecule has 2 N–H and O–H groups in total. The summed E-state index contributed by atoms with van der Waals surface area (Å²) in [6.07, 6.45) is 2.23. The molecule has 0 unspecified atom stereocenters. The number of fused-ring (bicyclic) bond motifs is 1. The molecule has 5 nitrogen and oxygen atoms in total. The number of imidazole rings is 1. The molecule has 20 heavy (non-hydrogen) atoms. The Morgan fingerprint density at radius 2 is 2.15 bits per heavy atom. The van der Waals surface area contributed by atoms with E-state index in [1.165, 1.54) is 6.07 Å². The number of carbonyl (C=O) groups is 1. The van der Waals surface area contributed by atoms with E-state index >= 15 is 0 Å². The van der Waals surface area contributed by atoms with Gasteiger partial charge in [0.15, 0.2) is 0 Å². The highest BCUT2D eigenvalue weighted by Gasteiger charge is 2.19. The molecule has 1 saturated heterocycles. The zero-order valence-electron chi connectivity index (χ0n) is 11.0. The zero-order valence-corrected chi connectivity index (χ0v) is 11.8. The number of carboxylic acids is 1. The van der Waals surface area contributed by atoms with Crippen molar-refractivity contribution in [2.45, 2.75) is 19.4 Å². The average Bonchev–Trinajstić information content (AvgIpc) is 2.76. The van der Waals surface area contributed by atoms with Crippen LogP contribution in [0.1, 0.15) is 23.2 Å². The lowest BCUT2D eigenvalue weighted by molar-refractivity contribution is 0.0699. The molecule has 0 amide bonds. The zero-order chi connectivity index (χ0) is 14.1. The van der Waals surface area contributed by atoms with Gasteiger partial charge in [0.1, 0.15) is 0 Å². The molecule has 3 rings (SSSR count). The molecule has 0 saturated carbocycles. The first-order valence-electron chi connectivity index (χ1n) is 6.69. The van der Waals surface area contributed by atoms with Gasteiger partial charge in [0, 0.05) is 6.54 Å². The standard InChI is InChI=1S/C14H16N2O3S/c17-13(18)10-2-1-3-11-12(10)15-14(19)16(11)8-9-4-6-20-7-5-9/h1-3,9H,4-8H2,(H,15,19)(H,17,18). The van der Waals surface area contributed by atoms with Crippen molar-refractivity contribution in [2.24, 2.45) is 5.92 Å². The van der Waals surface area contributed by atoms with Crippen molar-refractivity contribution in [3.8, 4) is 0 Å². The van der Waals surface area contributed by atoms with Crippen molar-refractivity contribution < 1.29 is 9.90 Å². The van der Waals surface area contributed by atoms with Crippen molar-refractivity contribution in [2.75, 3.05) is 11.5 Å². The maximum atomic E-state index is 12.1. The summed E-state index contributed by atoms with van der Waals surface area (Å²) in [4.78, 5) is 26.0. The Balaban J connectivity index is 2.02. The van der Waals surface area contributed by atoms with Crippen LogP contribution in [-0.2, 0) is 6.54 Å². The molecule has 2 heterocycles. The molecule has 0 spiro atoms. The third-order valence-corrected chi connectivity index (χ3v) is 4.87. The molecule has 0 radical (unpaired) electrons. The Morgan fingerprint density at radius 3 is 2.85 bits per heavy atom. The number of hydrogen-bond acceptors (Lipinski definition) is 3. The van der Waals surface area contributed by atoms with Crippen molar-refractivity contribution in [3.63, 3.8) is 0 Å². The van der Waals surface area contributed by atoms with Gasteiger partial charge in [0.25, 0.3) is 0 Å². The Morgan fingerprint density at radius 1 is 1.40 bits per heavy atom. The highest BCUT2D eigenvalue weighted by atomic mass is 32.2. The minimum Gasteiger partial charge on any atom is -0.478 e. The summed E-state index contributed by atoms with van der Waals surface area (Å²) in [5, 5.41) is 9.17. The van der Waals surface area contributed by atoms with Gasteiger partial charge in [-0.05, 0) is 42.4 Å². The molecule has 1 aliphatic rings. The van der Waals surface area contributed by atoms with E-state index in [2.05, 4.69) is 4.98 Å². The maximum absolute atomic E-state index is 12.1. The molecule has 0 atom stereocenters. The van der Waals surface area contributed by atoms with Crippen molar-refractivity contribution in [1.29, 1.82) is 0 Å². The molecule has 1 fully saturated rings. The largest absolute Gasteiger partial charge is 0.478 e. The van der Waals surface area contributed by atoms with Crippen molar-refractivity contribution in [3.05, 3.63) is 34.2 Å². The van der Waals surface area contributed by atoms with Crippen molar-refractivity contribution in [1.82, 2.24) is 9.55 Å². The third-order valence-electron chi connectivity index (χ3n) is 3.82. The number of para-hydroxylation sites is 1. The molecule has 0 bridgehead atoms. The van der Waals surface area contributed by atoms with Gasteiger partial charge < -0.3 is 10.1 Å². The monoisotopic (exact) mass is 292 g/mol. The topological polar surface area (TPSA) is 75.1 Å². The van der Waals surface area contributed by atoms with Crippen LogP contribution in [0.2, 0.25) is 0 Å². The highest BCUT2D eigenvalue weighted by Crippen LogP contribution is 2.25. The molecule has 106 valence electrons. The van der Waals surface area contributed by atoms with Crippen LogP contribution in [0.5, 0.6) is 0 Å². The molecule has 2 aromatic rings. The quantitative estimate of drug-likeness (QED) is 0.909. The number of thioether (sulfide) groups is 1. The van der Waals surface area contributed by atoms with Crippen LogP contribution >= 0.6 is 11.8 Å². The van der Waals surface area contributed by atoms with E-state index in [1.807, 2.05) is 11.8 Å². The minimum absolute atomic E-state index is 0.151. The Bertz CT molecular complexity index is 698. The number of aromatic nitrogens is 2. The number of aromatic amines is 1. The van der Waals surface area contributed by atoms with Gasteiger partial charge in [-0.2, -0.15) is 11.8 Å². The van der Waals surface area contributed by atoms with Gasteiger partial charge in [0.05, 0.1) is 16.6 Å². The van der Waals surface area contributed by atoms with E-state index in [-0.39, 0.29) is 11.3 Å². The van der Waals surface area contributed by atoms with E-state index in [4.69, 9.17) is 0 Å². The predicted octanol–water partition coefficient (Wildman–Crippen LogP) is 2.17. The van der Waals surface area contributed by atoms with Gasteiger partial charge in [-0.15, -0.1) is 0 Å². The second-order valence-corrected chi connectivity index (χ2v) is 6.33. The normalized spacial score (nSPS) is 16.6. The number of carboxylic acid groups (broad SMARTS) is 1. The molecule has 1 aromatic carbocycles. The number of benzene rings is 1. The Kier molecular flexibility index (Phi) is 3.56. The predicted molar refractivity (Wildman–Crippen MR) is 79.6 cm³/mol. The number of nitrogens with zero attached hydrogens (tertiary/aromatic N) is 1. The SMILES string of the molecule is O=C(O)c1cccc2c1[nH]c(=O)n2CC1CCSCC1. The molecule has 0 aliphatic carbocycles. The fourth-order valence-electron chi connectivity index (χ4n) is 2.73. The molecule has 1 aromatic heterocycles. The Labute approximate surface area is 120 Å². The van der Waals surface area contributed by atoms with E-state index in [0.29, 0.717) is 23.5 Å². The van der Waals surface area contributed by atoms with Gasteiger partial charge in [-0.1, -0.05) is 6.07 Å². The van der Waals surface area contributed by atoms with Crippen LogP contribution < -0.4 is 5.69 Å². The summed E-state index contributed by atoms with van der Waals surface area (Å²) in [5.74, 6) is 1.77. The lowest BCUT2D eigenvalue weighted by Gasteiger charge is -2.21. The number of H-pyrrole nitrogens is 1. The number of rotatable bonds is 3. The van der Waals surface area contributed by atoms with Gasteiger partial charge in [0.2, 0.25) is 0 Å². The van der Waals surface area contributed by atoms with Crippen LogP contribution in [0, 0.1) is 5.92 Å². The van der Waals surface area contributed by atoms with Crippen molar-refractivity contribution >= 4 is 28.8 Å². The van der Waals surface area contributed by atoms with E-state index in [1.54, 1.807) is 16.7 Å². The maximum Gasteiger partial charge on any atom is 0.337 e. The average molecular weight is 292 g/mol. The third kappa shape index (κ3) is 2.35. The van der Waals surface area contributed by atoms with Gasteiger partial charge >= 0.3 is 11.7 Å². The minimum atomic E-state index is -1.02. The smallest absolute Gasteiger partial charge is 0.337 e. The van der Waals surface area contributed by atoms with Gasteiger partial charge in [-0.25, -0.2) is 9.59 Å². The van der Waals surface area contributed by atoms with Crippen LogP contribution in [0.15, 0.2) is 23.0 Å². The van der Waals surface area contributed by atoms with Crippen LogP contribution in [0.4, 0.5) is 0 Å². The Hall–Kier alpha value is -1.69. The lowest BCUT2D eigenvalue weighted by atomic mass is 10.0. The van der Waals surface area contributed by atoms with Gasteiger partial charge in [-0.3, -0.25) is 4.57 Å². The first kappa shape index (κ1) is 13.3. The van der Waals surface area contributed by atoms with Crippen LogP contribution in [-0.4, -0.2) is 32.1 Å². The number of nitrogens with one attached hydrogen (secondary N) is 1. The fourth-order valence-corrected chi connectivity index (χ4v) is 3.93. The summed E-state index contributed by atoms with van der Waals surface area (Å²) in [5.41, 5.74) is 1.05. The summed E-state index contributed by atoms with van der Waals surface area (Å²) in [6.45, 7) is 0.669. The van der Waals surface area contributed by atoms with Crippen LogP contribution in [0.25, 0.3) is 11.0 Å². The lowest BCUT2D eigenvalue weighted by Crippen LogP contribution is -2.23. The second-order valence-electron chi connectivity index (χ2n) is 5.10. The summed E-state index contributed by atoms with van der Waals surface area (Å²) in [7, 11) is 0. The summed E-state index contributed by atoms with van der Waals surface area (Å²) in [6, 6.07) is 5.01. The molecular formula is C14H16N2O3S. The number of aromatic carboxylic acids is 1. The fraction of sp³-hybridized carbons (Fsp3) is 0.429. The first-order chi connectivity index (χ1) is 9.66. The number of hydrogen-bond donors (Lipinski definition) is 2. The highest BCUT2D eigenvalue weighted by molar-refractivity contribution is 7.99. The molecule has 1 aliphatic heterocycles. The van der Waals surface area contributed by atoms with E-state index in [9.17, 15) is 14.7 Å². The molecular weight excluding hydrogens is 276 g/mol. The van der Waals surface area contributed by atoms with E-state index < -0.39 is 5.97 Å². The summed E-state index contributed by atoms with van der Waals surface area (Å²) >= 11 is 1.95. The summed E-state index contributed by atoms with van der Waals surface area (Å²) < 4.78 is 1.68. The molecule has 6 heteroatoms. The first-order valence-corrected chi connectivity index (χ1v) is 7.85. The van der Waals surface area contributed by atoms with Crippen LogP contribution in [0.3, 0.4) is 0 Å². The second kappa shape index (κ2) is 5.36. The van der Waals surface area contributed by atoms with E-state index in [0.717, 1.165) is 24.3 Å².